The second-order valence-corrected chi connectivity index (χ2v) is 10.1. The molecule has 0 spiro atoms. The second-order valence-electron chi connectivity index (χ2n) is 10.1. The average molecular weight is 523 g/mol. The molecule has 2 N–H and O–H groups in total. The summed E-state index contributed by atoms with van der Waals surface area (Å²) in [6, 6.07) is 6.14. The summed E-state index contributed by atoms with van der Waals surface area (Å²) in [6.07, 6.45) is -2.95. The number of rotatable bonds is 10. The Balaban J connectivity index is 1.73. The first-order valence-electron chi connectivity index (χ1n) is 12.2. The molecule has 1 aromatic carbocycles. The monoisotopic (exact) mass is 522 g/mol. The standard InChI is InChI=1S/C27H34F4N4O2/c1-16-6-7-19(14-33-16)22(26(10-11-26)27(29,30)31)13-23(36)34-15-20(35(4)5)12-18-8-9-21(25(37)32-3)24(28)17(18)2/h6-9,14,20,22H,10-13,15H2,1-5H3,(H,32,37)(H,34,36)/t20-,22-/m0/s1. The maximum Gasteiger partial charge on any atom is 0.395 e. The third kappa shape index (κ3) is 6.29. The molecule has 1 fully saturated rings. The molecule has 2 aromatic rings. The van der Waals surface area contributed by atoms with Crippen LogP contribution in [0.4, 0.5) is 17.6 Å². The lowest BCUT2D eigenvalue weighted by atomic mass is 9.80. The van der Waals surface area contributed by atoms with E-state index < -0.39 is 35.1 Å². The van der Waals surface area contributed by atoms with E-state index in [1.54, 1.807) is 32.0 Å². The van der Waals surface area contributed by atoms with E-state index in [0.29, 0.717) is 28.8 Å². The molecule has 1 aliphatic carbocycles. The van der Waals surface area contributed by atoms with Gasteiger partial charge < -0.3 is 15.5 Å². The van der Waals surface area contributed by atoms with Crippen LogP contribution in [0.3, 0.4) is 0 Å². The molecule has 202 valence electrons. The van der Waals surface area contributed by atoms with Crippen molar-refractivity contribution in [1.82, 2.24) is 20.5 Å². The van der Waals surface area contributed by atoms with E-state index in [1.165, 1.54) is 19.3 Å². The highest BCUT2D eigenvalue weighted by atomic mass is 19.4. The Kier molecular flexibility index (Phi) is 8.62. The van der Waals surface area contributed by atoms with Crippen LogP contribution in [-0.2, 0) is 11.2 Å². The molecule has 10 heteroatoms. The fourth-order valence-electron chi connectivity index (χ4n) is 4.72. The largest absolute Gasteiger partial charge is 0.395 e. The van der Waals surface area contributed by atoms with Gasteiger partial charge in [0, 0.05) is 43.9 Å². The molecule has 37 heavy (non-hydrogen) atoms. The lowest BCUT2D eigenvalue weighted by molar-refractivity contribution is -0.194. The molecule has 6 nitrogen and oxygen atoms in total. The van der Waals surface area contributed by atoms with E-state index in [9.17, 15) is 27.2 Å². The number of benzene rings is 1. The number of amides is 2. The van der Waals surface area contributed by atoms with Gasteiger partial charge in [-0.25, -0.2) is 4.39 Å². The van der Waals surface area contributed by atoms with Crippen LogP contribution in [-0.4, -0.2) is 61.6 Å². The van der Waals surface area contributed by atoms with Crippen LogP contribution < -0.4 is 10.6 Å². The van der Waals surface area contributed by atoms with E-state index in [-0.39, 0.29) is 37.4 Å². The molecule has 3 rings (SSSR count). The molecule has 0 radical (unpaired) electrons. The maximum atomic E-state index is 14.8. The van der Waals surface area contributed by atoms with Crippen LogP contribution in [0.2, 0.25) is 0 Å². The third-order valence-corrected chi connectivity index (χ3v) is 7.44. The van der Waals surface area contributed by atoms with Crippen molar-refractivity contribution in [2.24, 2.45) is 5.41 Å². The van der Waals surface area contributed by atoms with Gasteiger partial charge in [-0.15, -0.1) is 0 Å². The molecule has 0 aliphatic heterocycles. The lowest BCUT2D eigenvalue weighted by Crippen LogP contribution is -2.43. The van der Waals surface area contributed by atoms with Gasteiger partial charge in [0.15, 0.2) is 0 Å². The summed E-state index contributed by atoms with van der Waals surface area (Å²) >= 11 is 0. The van der Waals surface area contributed by atoms with Crippen LogP contribution in [0.5, 0.6) is 0 Å². The van der Waals surface area contributed by atoms with Gasteiger partial charge in [0.25, 0.3) is 5.91 Å². The van der Waals surface area contributed by atoms with E-state index in [0.717, 1.165) is 0 Å². The number of alkyl halides is 3. The van der Waals surface area contributed by atoms with Gasteiger partial charge in [-0.2, -0.15) is 13.2 Å². The van der Waals surface area contributed by atoms with E-state index in [1.807, 2.05) is 19.0 Å². The quantitative estimate of drug-likeness (QED) is 0.457. The normalized spacial score (nSPS) is 16.3. The minimum atomic E-state index is -4.42. The number of aromatic nitrogens is 1. The zero-order valence-corrected chi connectivity index (χ0v) is 21.8. The Hall–Kier alpha value is -3.01. The van der Waals surface area contributed by atoms with E-state index >= 15 is 0 Å². The number of hydrogen-bond donors (Lipinski definition) is 2. The SMILES string of the molecule is CNC(=O)c1ccc(C[C@@H](CNC(=O)C[C@@H](c2ccc(C)nc2)C2(C(F)(F)F)CC2)N(C)C)c(C)c1F. The van der Waals surface area contributed by atoms with Crippen LogP contribution >= 0.6 is 0 Å². The summed E-state index contributed by atoms with van der Waals surface area (Å²) < 4.78 is 56.7. The first-order chi connectivity index (χ1) is 17.3. The Bertz CT molecular complexity index is 1130. The van der Waals surface area contributed by atoms with E-state index in [2.05, 4.69) is 15.6 Å². The van der Waals surface area contributed by atoms with Crippen LogP contribution in [0.1, 0.15) is 57.9 Å². The van der Waals surface area contributed by atoms with Crippen molar-refractivity contribution < 1.29 is 27.2 Å². The van der Waals surface area contributed by atoms with Crippen LogP contribution in [0.15, 0.2) is 30.5 Å². The molecular weight excluding hydrogens is 488 g/mol. The molecule has 1 saturated carbocycles. The van der Waals surface area contributed by atoms with Crippen LogP contribution in [0.25, 0.3) is 0 Å². The minimum Gasteiger partial charge on any atom is -0.355 e. The first kappa shape index (κ1) is 28.6. The number of halogens is 4. The van der Waals surface area contributed by atoms with Crippen LogP contribution in [0, 0.1) is 25.1 Å². The Morgan fingerprint density at radius 3 is 2.32 bits per heavy atom. The van der Waals surface area contributed by atoms with Crippen molar-refractivity contribution in [3.63, 3.8) is 0 Å². The van der Waals surface area contributed by atoms with Gasteiger partial charge in [-0.3, -0.25) is 14.6 Å². The van der Waals surface area contributed by atoms with Crippen molar-refractivity contribution in [2.45, 2.75) is 57.7 Å². The number of aryl methyl sites for hydroxylation is 1. The number of carbonyl (C=O) groups is 2. The summed E-state index contributed by atoms with van der Waals surface area (Å²) in [6.45, 7) is 3.51. The van der Waals surface area contributed by atoms with Crippen molar-refractivity contribution in [2.75, 3.05) is 27.7 Å². The molecule has 1 aromatic heterocycles. The summed E-state index contributed by atoms with van der Waals surface area (Å²) in [4.78, 5) is 30.8. The molecular formula is C27H34F4N4O2. The Morgan fingerprint density at radius 1 is 1.14 bits per heavy atom. The highest BCUT2D eigenvalue weighted by molar-refractivity contribution is 5.94. The molecule has 0 bridgehead atoms. The molecule has 1 heterocycles. The van der Waals surface area contributed by atoms with Gasteiger partial charge in [0.2, 0.25) is 5.91 Å². The molecule has 0 unspecified atom stereocenters. The number of nitrogens with zero attached hydrogens (tertiary/aromatic N) is 2. The van der Waals surface area contributed by atoms with Gasteiger partial charge in [0.1, 0.15) is 5.82 Å². The number of hydrogen-bond acceptors (Lipinski definition) is 4. The smallest absolute Gasteiger partial charge is 0.355 e. The van der Waals surface area contributed by atoms with Crippen molar-refractivity contribution in [1.29, 1.82) is 0 Å². The van der Waals surface area contributed by atoms with E-state index in [4.69, 9.17) is 0 Å². The van der Waals surface area contributed by atoms with Gasteiger partial charge in [-0.1, -0.05) is 12.1 Å². The second kappa shape index (κ2) is 11.2. The minimum absolute atomic E-state index is 0.0143. The maximum absolute atomic E-state index is 14.8. The topological polar surface area (TPSA) is 74.3 Å². The summed E-state index contributed by atoms with van der Waals surface area (Å²) in [5.41, 5.74) is 0.148. The van der Waals surface area contributed by atoms with Gasteiger partial charge in [-0.05, 0) is 76.0 Å². The average Bonchev–Trinajstić information content (AvgIpc) is 3.65. The predicted molar refractivity (Wildman–Crippen MR) is 133 cm³/mol. The molecule has 2 atom stereocenters. The lowest BCUT2D eigenvalue weighted by Gasteiger charge is -2.30. The highest BCUT2D eigenvalue weighted by Crippen LogP contribution is 2.66. The summed E-state index contributed by atoms with van der Waals surface area (Å²) in [5, 5.41) is 5.20. The van der Waals surface area contributed by atoms with Crippen molar-refractivity contribution >= 4 is 11.8 Å². The summed E-state index contributed by atoms with van der Waals surface area (Å²) in [5.74, 6) is -2.62. The Labute approximate surface area is 214 Å². The fraction of sp³-hybridized carbons (Fsp3) is 0.519. The molecule has 0 saturated heterocycles. The zero-order valence-electron chi connectivity index (χ0n) is 21.8. The van der Waals surface area contributed by atoms with Crippen molar-refractivity contribution in [3.05, 3.63) is 64.2 Å². The van der Waals surface area contributed by atoms with Gasteiger partial charge in [0.05, 0.1) is 11.0 Å². The number of nitrogens with one attached hydrogen (secondary N) is 2. The van der Waals surface area contributed by atoms with Crippen molar-refractivity contribution in [3.8, 4) is 0 Å². The number of carbonyl (C=O) groups excluding carboxylic acids is 2. The molecule has 1 aliphatic rings. The first-order valence-corrected chi connectivity index (χ1v) is 12.2. The summed E-state index contributed by atoms with van der Waals surface area (Å²) in [7, 11) is 5.05. The zero-order chi connectivity index (χ0) is 27.5. The molecule has 2 amide bonds. The van der Waals surface area contributed by atoms with Gasteiger partial charge >= 0.3 is 6.18 Å². The highest BCUT2D eigenvalue weighted by Gasteiger charge is 2.67. The third-order valence-electron chi connectivity index (χ3n) is 7.44. The Morgan fingerprint density at radius 2 is 1.81 bits per heavy atom. The fourth-order valence-corrected chi connectivity index (χ4v) is 4.72. The number of pyridine rings is 1. The predicted octanol–water partition coefficient (Wildman–Crippen LogP) is 4.30. The number of likely N-dealkylation sites (N-methyl/N-ethyl adjacent to an activating group) is 1.